The van der Waals surface area contributed by atoms with Crippen molar-refractivity contribution in [3.63, 3.8) is 0 Å². The minimum absolute atomic E-state index is 0.108. The van der Waals surface area contributed by atoms with Gasteiger partial charge in [-0.3, -0.25) is 4.79 Å². The van der Waals surface area contributed by atoms with Crippen molar-refractivity contribution in [3.05, 3.63) is 48.5 Å². The summed E-state index contributed by atoms with van der Waals surface area (Å²) in [6.45, 7) is 5.97. The number of hydrogen-bond acceptors (Lipinski definition) is 5. The van der Waals surface area contributed by atoms with Crippen LogP contribution in [0.3, 0.4) is 0 Å². The summed E-state index contributed by atoms with van der Waals surface area (Å²) in [5, 5.41) is 2.91. The molecule has 2 aromatic rings. The number of ether oxygens (including phenoxy) is 1. The Balaban J connectivity index is 1.72. The molecule has 1 fully saturated rings. The summed E-state index contributed by atoms with van der Waals surface area (Å²) in [5.41, 5.74) is 1.54. The van der Waals surface area contributed by atoms with E-state index in [1.807, 2.05) is 18.2 Å². The zero-order valence-electron chi connectivity index (χ0n) is 18.4. The highest BCUT2D eigenvalue weighted by molar-refractivity contribution is 7.89. The summed E-state index contributed by atoms with van der Waals surface area (Å²) in [6.07, 6.45) is 1.47. The minimum Gasteiger partial charge on any atom is -0.495 e. The summed E-state index contributed by atoms with van der Waals surface area (Å²) >= 11 is 0. The molecule has 1 heterocycles. The number of nitrogens with zero attached hydrogens (tertiary/aromatic N) is 2. The van der Waals surface area contributed by atoms with E-state index >= 15 is 0 Å². The van der Waals surface area contributed by atoms with Gasteiger partial charge in [-0.05, 0) is 43.2 Å². The van der Waals surface area contributed by atoms with Gasteiger partial charge in [0.2, 0.25) is 15.9 Å². The van der Waals surface area contributed by atoms with E-state index in [-0.39, 0.29) is 16.7 Å². The normalized spacial score (nSPS) is 15.2. The summed E-state index contributed by atoms with van der Waals surface area (Å²) in [5.74, 6) is 0.199. The molecule has 0 spiro atoms. The van der Waals surface area contributed by atoms with E-state index in [4.69, 9.17) is 4.74 Å². The molecule has 0 bridgehead atoms. The smallest absolute Gasteiger partial charge is 0.243 e. The number of nitrogens with one attached hydrogen (secondary N) is 1. The number of piperidine rings is 1. The molecule has 0 unspecified atom stereocenters. The second kappa shape index (κ2) is 10.2. The lowest BCUT2D eigenvalue weighted by molar-refractivity contribution is -0.120. The van der Waals surface area contributed by atoms with Crippen molar-refractivity contribution in [2.24, 2.45) is 5.92 Å². The number of amides is 1. The second-order valence-corrected chi connectivity index (χ2v) is 9.48. The van der Waals surface area contributed by atoms with E-state index in [1.54, 1.807) is 19.9 Å². The number of hydrogen-bond donors (Lipinski definition) is 1. The third-order valence-corrected chi connectivity index (χ3v) is 7.80. The molecular formula is C23H31N3O4S. The van der Waals surface area contributed by atoms with Gasteiger partial charge in [0.25, 0.3) is 0 Å². The van der Waals surface area contributed by atoms with Crippen LogP contribution in [-0.4, -0.2) is 51.9 Å². The second-order valence-electron chi connectivity index (χ2n) is 7.54. The molecule has 1 amide bonds. The molecule has 1 saturated heterocycles. The predicted octanol–water partition coefficient (Wildman–Crippen LogP) is 3.58. The first kappa shape index (κ1) is 23.1. The van der Waals surface area contributed by atoms with Gasteiger partial charge in [-0.25, -0.2) is 8.42 Å². The molecule has 1 aliphatic rings. The predicted molar refractivity (Wildman–Crippen MR) is 123 cm³/mol. The average molecular weight is 446 g/mol. The maximum Gasteiger partial charge on any atom is 0.243 e. The summed E-state index contributed by atoms with van der Waals surface area (Å²) in [4.78, 5) is 15.4. The Morgan fingerprint density at radius 1 is 1.10 bits per heavy atom. The number of carbonyl (C=O) groups excluding carboxylic acids is 1. The first-order valence-corrected chi connectivity index (χ1v) is 12.1. The van der Waals surface area contributed by atoms with Crippen molar-refractivity contribution in [3.8, 4) is 5.75 Å². The van der Waals surface area contributed by atoms with Crippen LogP contribution in [0.5, 0.6) is 5.75 Å². The molecular weight excluding hydrogens is 414 g/mol. The van der Waals surface area contributed by atoms with Gasteiger partial charge in [-0.15, -0.1) is 0 Å². The van der Waals surface area contributed by atoms with Crippen molar-refractivity contribution in [2.75, 3.05) is 43.5 Å². The van der Waals surface area contributed by atoms with Crippen LogP contribution in [-0.2, 0) is 14.8 Å². The fraction of sp³-hybridized carbons (Fsp3) is 0.435. The van der Waals surface area contributed by atoms with Gasteiger partial charge in [-0.1, -0.05) is 32.0 Å². The minimum atomic E-state index is -3.63. The molecule has 0 saturated carbocycles. The SMILES string of the molecule is CCN(CC)S(=O)(=O)c1ccc(OC)c(NC(=O)C2CCN(c3ccccc3)CC2)c1. The average Bonchev–Trinajstić information content (AvgIpc) is 2.80. The Kier molecular flexibility index (Phi) is 7.56. The van der Waals surface area contributed by atoms with Crippen LogP contribution in [0.4, 0.5) is 11.4 Å². The molecule has 31 heavy (non-hydrogen) atoms. The van der Waals surface area contributed by atoms with Gasteiger partial charge >= 0.3 is 0 Å². The highest BCUT2D eigenvalue weighted by Gasteiger charge is 2.27. The van der Waals surface area contributed by atoms with E-state index in [1.165, 1.54) is 23.5 Å². The molecule has 1 N–H and O–H groups in total. The molecule has 3 rings (SSSR count). The third-order valence-electron chi connectivity index (χ3n) is 5.76. The van der Waals surface area contributed by atoms with Crippen molar-refractivity contribution in [1.82, 2.24) is 4.31 Å². The van der Waals surface area contributed by atoms with Crippen LogP contribution in [0.15, 0.2) is 53.4 Å². The van der Waals surface area contributed by atoms with E-state index in [0.717, 1.165) is 31.6 Å². The fourth-order valence-corrected chi connectivity index (χ4v) is 5.42. The van der Waals surface area contributed by atoms with Gasteiger partial charge in [0.1, 0.15) is 5.75 Å². The molecule has 0 radical (unpaired) electrons. The molecule has 1 aliphatic heterocycles. The summed E-state index contributed by atoms with van der Waals surface area (Å²) in [6, 6.07) is 14.8. The number of methoxy groups -OCH3 is 1. The highest BCUT2D eigenvalue weighted by atomic mass is 32.2. The molecule has 2 aromatic carbocycles. The highest BCUT2D eigenvalue weighted by Crippen LogP contribution is 2.31. The maximum absolute atomic E-state index is 12.9. The van der Waals surface area contributed by atoms with Crippen molar-refractivity contribution < 1.29 is 17.9 Å². The first-order chi connectivity index (χ1) is 14.9. The Labute approximate surface area is 185 Å². The van der Waals surface area contributed by atoms with Gasteiger partial charge in [0.15, 0.2) is 0 Å². The molecule has 7 nitrogen and oxygen atoms in total. The lowest BCUT2D eigenvalue weighted by atomic mass is 9.95. The third kappa shape index (κ3) is 5.19. The number of sulfonamides is 1. The maximum atomic E-state index is 12.9. The van der Waals surface area contributed by atoms with Crippen molar-refractivity contribution in [1.29, 1.82) is 0 Å². The van der Waals surface area contributed by atoms with E-state index in [2.05, 4.69) is 22.3 Å². The molecule has 168 valence electrons. The van der Waals surface area contributed by atoms with Crippen LogP contribution in [0.2, 0.25) is 0 Å². The van der Waals surface area contributed by atoms with Gasteiger partial charge < -0.3 is 15.0 Å². The van der Waals surface area contributed by atoms with Crippen molar-refractivity contribution >= 4 is 27.3 Å². The number of rotatable bonds is 8. The fourth-order valence-electron chi connectivity index (χ4n) is 3.93. The Morgan fingerprint density at radius 3 is 2.32 bits per heavy atom. The number of carbonyl (C=O) groups is 1. The number of para-hydroxylation sites is 1. The molecule has 0 atom stereocenters. The first-order valence-electron chi connectivity index (χ1n) is 10.7. The summed E-state index contributed by atoms with van der Waals surface area (Å²) in [7, 11) is -2.13. The Hall–Kier alpha value is -2.58. The topological polar surface area (TPSA) is 79.0 Å². The van der Waals surface area contributed by atoms with Gasteiger partial charge in [0.05, 0.1) is 17.7 Å². The van der Waals surface area contributed by atoms with Crippen LogP contribution in [0.25, 0.3) is 0 Å². The lowest BCUT2D eigenvalue weighted by Crippen LogP contribution is -2.38. The van der Waals surface area contributed by atoms with Crippen LogP contribution in [0, 0.1) is 5.92 Å². The van der Waals surface area contributed by atoms with Crippen LogP contribution >= 0.6 is 0 Å². The Bertz CT molecular complexity index is 983. The zero-order chi connectivity index (χ0) is 22.4. The molecule has 0 aromatic heterocycles. The zero-order valence-corrected chi connectivity index (χ0v) is 19.2. The number of anilines is 2. The number of benzene rings is 2. The van der Waals surface area contributed by atoms with E-state index in [9.17, 15) is 13.2 Å². The molecule has 8 heteroatoms. The quantitative estimate of drug-likeness (QED) is 0.672. The monoisotopic (exact) mass is 445 g/mol. The van der Waals surface area contributed by atoms with Gasteiger partial charge in [-0.2, -0.15) is 4.31 Å². The van der Waals surface area contributed by atoms with Crippen LogP contribution < -0.4 is 15.0 Å². The van der Waals surface area contributed by atoms with E-state index in [0.29, 0.717) is 24.5 Å². The van der Waals surface area contributed by atoms with Gasteiger partial charge in [0, 0.05) is 37.8 Å². The summed E-state index contributed by atoms with van der Waals surface area (Å²) < 4.78 is 32.5. The largest absolute Gasteiger partial charge is 0.495 e. The van der Waals surface area contributed by atoms with Crippen molar-refractivity contribution in [2.45, 2.75) is 31.6 Å². The molecule has 0 aliphatic carbocycles. The standard InChI is InChI=1S/C23H31N3O4S/c1-4-26(5-2)31(28,29)20-11-12-22(30-3)21(17-20)24-23(27)18-13-15-25(16-14-18)19-9-7-6-8-10-19/h6-12,17-18H,4-5,13-16H2,1-3H3,(H,24,27). The van der Waals surface area contributed by atoms with Crippen LogP contribution in [0.1, 0.15) is 26.7 Å². The Morgan fingerprint density at radius 2 is 1.74 bits per heavy atom. The van der Waals surface area contributed by atoms with E-state index < -0.39 is 10.0 Å². The lowest BCUT2D eigenvalue weighted by Gasteiger charge is -2.33.